The van der Waals surface area contributed by atoms with Crippen LogP contribution in [0.1, 0.15) is 25.2 Å². The summed E-state index contributed by atoms with van der Waals surface area (Å²) >= 11 is 1.22. The summed E-state index contributed by atoms with van der Waals surface area (Å²) in [5.41, 5.74) is 2.31. The van der Waals surface area contributed by atoms with Crippen molar-refractivity contribution >= 4 is 34.4 Å². The highest BCUT2D eigenvalue weighted by Crippen LogP contribution is 2.26. The van der Waals surface area contributed by atoms with Crippen molar-refractivity contribution in [1.29, 1.82) is 0 Å². The highest BCUT2D eigenvalue weighted by Gasteiger charge is 2.21. The Labute approximate surface area is 183 Å². The predicted octanol–water partition coefficient (Wildman–Crippen LogP) is 4.36. The van der Waals surface area contributed by atoms with Crippen molar-refractivity contribution in [3.8, 4) is 5.69 Å². The number of anilines is 1. The van der Waals surface area contributed by atoms with Crippen molar-refractivity contribution < 1.29 is 9.32 Å². The summed E-state index contributed by atoms with van der Waals surface area (Å²) < 4.78 is 6.56. The van der Waals surface area contributed by atoms with Gasteiger partial charge in [-0.15, -0.1) is 0 Å². The molecule has 0 saturated carbocycles. The Balaban J connectivity index is 1.72. The Morgan fingerprint density at radius 1 is 1.19 bits per heavy atom. The minimum Gasteiger partial charge on any atom is -0.360 e. The number of carbonyl (C=O) groups excluding carboxylic acids is 1. The molecule has 31 heavy (non-hydrogen) atoms. The number of aryl methyl sites for hydroxylation is 2. The van der Waals surface area contributed by atoms with Gasteiger partial charge >= 0.3 is 0 Å². The van der Waals surface area contributed by atoms with Crippen molar-refractivity contribution in [2.45, 2.75) is 37.6 Å². The number of hydrogen-bond donors (Lipinski definition) is 1. The fourth-order valence-corrected chi connectivity index (χ4v) is 4.09. The number of para-hydroxylation sites is 1. The van der Waals surface area contributed by atoms with Crippen molar-refractivity contribution in [2.75, 3.05) is 5.32 Å². The molecule has 0 saturated heterocycles. The third-order valence-corrected chi connectivity index (χ3v) is 5.93. The Morgan fingerprint density at radius 3 is 2.61 bits per heavy atom. The van der Waals surface area contributed by atoms with Gasteiger partial charge in [0.05, 0.1) is 21.8 Å². The van der Waals surface area contributed by atoms with Crippen LogP contribution in [0.25, 0.3) is 16.6 Å². The number of aromatic nitrogens is 3. The van der Waals surface area contributed by atoms with Crippen LogP contribution in [0.4, 0.5) is 5.82 Å². The van der Waals surface area contributed by atoms with E-state index in [1.54, 1.807) is 36.6 Å². The molecule has 0 spiro atoms. The summed E-state index contributed by atoms with van der Waals surface area (Å²) in [5.74, 6) is 0.707. The molecule has 0 aliphatic carbocycles. The van der Waals surface area contributed by atoms with Gasteiger partial charge in [-0.05, 0) is 50.1 Å². The maximum Gasteiger partial charge on any atom is 0.266 e. The van der Waals surface area contributed by atoms with Crippen LogP contribution in [-0.2, 0) is 11.2 Å². The second-order valence-electron chi connectivity index (χ2n) is 7.14. The lowest BCUT2D eigenvalue weighted by molar-refractivity contribution is -0.115. The van der Waals surface area contributed by atoms with Crippen LogP contribution in [0.5, 0.6) is 0 Å². The molecule has 1 atom stereocenters. The molecule has 1 amide bonds. The van der Waals surface area contributed by atoms with Gasteiger partial charge in [-0.25, -0.2) is 4.98 Å². The van der Waals surface area contributed by atoms with Crippen molar-refractivity contribution in [2.24, 2.45) is 0 Å². The third-order valence-electron chi connectivity index (χ3n) is 4.88. The number of hydrogen-bond acceptors (Lipinski definition) is 6. The summed E-state index contributed by atoms with van der Waals surface area (Å²) in [7, 11) is 0. The molecule has 7 nitrogen and oxygen atoms in total. The SMILES string of the molecule is CCc1ccc(-n2c(SC(C)C(=O)Nc3cc(C)on3)nc3ccccc3c2=O)cc1. The lowest BCUT2D eigenvalue weighted by Crippen LogP contribution is -2.26. The van der Waals surface area contributed by atoms with E-state index < -0.39 is 5.25 Å². The van der Waals surface area contributed by atoms with Crippen molar-refractivity contribution in [3.05, 3.63) is 76.3 Å². The molecule has 1 unspecified atom stereocenters. The normalized spacial score (nSPS) is 12.1. The predicted molar refractivity (Wildman–Crippen MR) is 122 cm³/mol. The number of nitrogens with one attached hydrogen (secondary N) is 1. The fraction of sp³-hybridized carbons (Fsp3) is 0.217. The Morgan fingerprint density at radius 2 is 1.94 bits per heavy atom. The van der Waals surface area contributed by atoms with Gasteiger partial charge in [-0.2, -0.15) is 0 Å². The summed E-state index contributed by atoms with van der Waals surface area (Å²) in [6.45, 7) is 5.60. The van der Waals surface area contributed by atoms with Crippen molar-refractivity contribution in [3.63, 3.8) is 0 Å². The number of nitrogens with zero attached hydrogens (tertiary/aromatic N) is 3. The third kappa shape index (κ3) is 4.39. The molecule has 2 aromatic carbocycles. The summed E-state index contributed by atoms with van der Waals surface area (Å²) in [4.78, 5) is 30.7. The monoisotopic (exact) mass is 434 g/mol. The van der Waals surface area contributed by atoms with Gasteiger partial charge in [0.2, 0.25) is 5.91 Å². The van der Waals surface area contributed by atoms with Crippen LogP contribution in [-0.4, -0.2) is 25.9 Å². The van der Waals surface area contributed by atoms with E-state index in [-0.39, 0.29) is 11.5 Å². The smallest absolute Gasteiger partial charge is 0.266 e. The minimum atomic E-state index is -0.522. The summed E-state index contributed by atoms with van der Waals surface area (Å²) in [6.07, 6.45) is 0.908. The first-order chi connectivity index (χ1) is 15.0. The van der Waals surface area contributed by atoms with E-state index in [0.717, 1.165) is 6.42 Å². The molecule has 2 aromatic heterocycles. The van der Waals surface area contributed by atoms with Crippen LogP contribution >= 0.6 is 11.8 Å². The minimum absolute atomic E-state index is 0.169. The molecule has 4 rings (SSSR count). The molecule has 0 aliphatic heterocycles. The Kier molecular flexibility index (Phi) is 5.90. The standard InChI is InChI=1S/C23H22N4O3S/c1-4-16-9-11-17(12-10-16)27-22(29)18-7-5-6-8-19(18)24-23(27)31-15(3)21(28)25-20-13-14(2)30-26-20/h5-13,15H,4H2,1-3H3,(H,25,26,28). The Hall–Kier alpha value is -3.39. The van der Waals surface area contributed by atoms with Gasteiger partial charge in [0.25, 0.3) is 5.56 Å². The number of carbonyl (C=O) groups is 1. The fourth-order valence-electron chi connectivity index (χ4n) is 3.16. The molecule has 0 aliphatic rings. The van der Waals surface area contributed by atoms with Gasteiger partial charge in [0, 0.05) is 6.07 Å². The Bertz CT molecular complexity index is 1290. The second-order valence-corrected chi connectivity index (χ2v) is 8.45. The summed E-state index contributed by atoms with van der Waals surface area (Å²) in [6, 6.07) is 16.7. The molecule has 8 heteroatoms. The quantitative estimate of drug-likeness (QED) is 0.358. The van der Waals surface area contributed by atoms with Crippen LogP contribution in [0.3, 0.4) is 0 Å². The molecule has 158 valence electrons. The molecule has 4 aromatic rings. The maximum absolute atomic E-state index is 13.3. The van der Waals surface area contributed by atoms with Gasteiger partial charge in [0.15, 0.2) is 11.0 Å². The molecular weight excluding hydrogens is 412 g/mol. The van der Waals surface area contributed by atoms with E-state index in [1.807, 2.05) is 36.4 Å². The van der Waals surface area contributed by atoms with Crippen LogP contribution in [0.2, 0.25) is 0 Å². The zero-order valence-corrected chi connectivity index (χ0v) is 18.3. The van der Waals surface area contributed by atoms with Crippen LogP contribution < -0.4 is 10.9 Å². The number of amides is 1. The van der Waals surface area contributed by atoms with E-state index in [1.165, 1.54) is 17.3 Å². The molecule has 0 radical (unpaired) electrons. The number of fused-ring (bicyclic) bond motifs is 1. The van der Waals surface area contributed by atoms with Gasteiger partial charge in [0.1, 0.15) is 5.76 Å². The first-order valence-electron chi connectivity index (χ1n) is 9.98. The molecule has 0 fully saturated rings. The topological polar surface area (TPSA) is 90.0 Å². The molecular formula is C23H22N4O3S. The van der Waals surface area contributed by atoms with E-state index in [2.05, 4.69) is 17.4 Å². The van der Waals surface area contributed by atoms with E-state index in [0.29, 0.717) is 33.3 Å². The van der Waals surface area contributed by atoms with E-state index in [9.17, 15) is 9.59 Å². The lowest BCUT2D eigenvalue weighted by atomic mass is 10.1. The molecule has 2 heterocycles. The largest absolute Gasteiger partial charge is 0.360 e. The second kappa shape index (κ2) is 8.77. The van der Waals surface area contributed by atoms with Gasteiger partial charge in [-0.3, -0.25) is 14.2 Å². The molecule has 0 bridgehead atoms. The van der Waals surface area contributed by atoms with Gasteiger partial charge in [-0.1, -0.05) is 48.1 Å². The van der Waals surface area contributed by atoms with E-state index in [4.69, 9.17) is 9.51 Å². The lowest BCUT2D eigenvalue weighted by Gasteiger charge is -2.16. The first kappa shape index (κ1) is 20.9. The number of thioether (sulfide) groups is 1. The van der Waals surface area contributed by atoms with Crippen molar-refractivity contribution in [1.82, 2.24) is 14.7 Å². The van der Waals surface area contributed by atoms with Crippen LogP contribution in [0, 0.1) is 6.92 Å². The van der Waals surface area contributed by atoms with Gasteiger partial charge < -0.3 is 9.84 Å². The highest BCUT2D eigenvalue weighted by atomic mass is 32.2. The number of rotatable bonds is 6. The first-order valence-corrected chi connectivity index (χ1v) is 10.9. The van der Waals surface area contributed by atoms with E-state index >= 15 is 0 Å². The maximum atomic E-state index is 13.3. The summed E-state index contributed by atoms with van der Waals surface area (Å²) in [5, 5.41) is 6.98. The average Bonchev–Trinajstić information content (AvgIpc) is 3.18. The average molecular weight is 435 g/mol. The zero-order chi connectivity index (χ0) is 22.0. The van der Waals surface area contributed by atoms with Crippen LogP contribution in [0.15, 0.2) is 69.1 Å². The zero-order valence-electron chi connectivity index (χ0n) is 17.5. The highest BCUT2D eigenvalue weighted by molar-refractivity contribution is 8.00. The number of benzene rings is 2. The molecule has 1 N–H and O–H groups in total.